The predicted octanol–water partition coefficient (Wildman–Crippen LogP) is 2.73. The summed E-state index contributed by atoms with van der Waals surface area (Å²) in [4.78, 5) is 14.0. The summed E-state index contributed by atoms with van der Waals surface area (Å²) < 4.78 is 0. The van der Waals surface area contributed by atoms with Crippen molar-refractivity contribution in [3.8, 4) is 12.3 Å². The lowest BCUT2D eigenvalue weighted by atomic mass is 9.86. The van der Waals surface area contributed by atoms with Gasteiger partial charge in [0.05, 0.1) is 11.3 Å². The number of rotatable bonds is 4. The van der Waals surface area contributed by atoms with Gasteiger partial charge in [0.25, 0.3) is 5.91 Å². The third-order valence-corrected chi connectivity index (χ3v) is 4.44. The van der Waals surface area contributed by atoms with Gasteiger partial charge in [0.1, 0.15) is 5.54 Å². The summed E-state index contributed by atoms with van der Waals surface area (Å²) in [6.45, 7) is 5.08. The molecule has 2 rings (SSSR count). The van der Waals surface area contributed by atoms with E-state index < -0.39 is 0 Å². The average molecular weight is 270 g/mol. The normalized spacial score (nSPS) is 14.6. The summed E-state index contributed by atoms with van der Waals surface area (Å²) in [5.41, 5.74) is 7.93. The van der Waals surface area contributed by atoms with E-state index in [1.165, 1.54) is 5.56 Å². The summed E-state index contributed by atoms with van der Waals surface area (Å²) >= 11 is 0. The number of nitrogens with zero attached hydrogens (tertiary/aromatic N) is 1. The highest BCUT2D eigenvalue weighted by Crippen LogP contribution is 2.38. The van der Waals surface area contributed by atoms with Gasteiger partial charge < -0.3 is 10.6 Å². The molecule has 0 fully saturated rings. The molecule has 1 amide bonds. The van der Waals surface area contributed by atoms with E-state index in [0.29, 0.717) is 5.56 Å². The lowest BCUT2D eigenvalue weighted by molar-refractivity contribution is 0.100. The third kappa shape index (κ3) is 2.16. The zero-order chi connectivity index (χ0) is 14.8. The number of hydrogen-bond donors (Lipinski definition) is 1. The Balaban J connectivity index is 2.63. The molecule has 1 aromatic carbocycles. The maximum Gasteiger partial charge on any atom is 0.250 e. The first-order valence-corrected chi connectivity index (χ1v) is 7.26. The van der Waals surface area contributed by atoms with Crippen molar-refractivity contribution in [2.45, 2.75) is 45.1 Å². The average Bonchev–Trinajstić information content (AvgIpc) is 2.49. The smallest absolute Gasteiger partial charge is 0.250 e. The molecule has 0 atom stereocenters. The Morgan fingerprint density at radius 3 is 2.70 bits per heavy atom. The minimum Gasteiger partial charge on any atom is -0.366 e. The first-order valence-electron chi connectivity index (χ1n) is 7.26. The lowest BCUT2D eigenvalue weighted by Gasteiger charge is -2.45. The summed E-state index contributed by atoms with van der Waals surface area (Å²) in [5, 5.41) is 0. The SMILES string of the molecule is C#CC(CC)(CC)N1CCCc2cccc(C(N)=O)c21. The molecule has 20 heavy (non-hydrogen) atoms. The van der Waals surface area contributed by atoms with E-state index in [-0.39, 0.29) is 11.4 Å². The van der Waals surface area contributed by atoms with Gasteiger partial charge in [-0.05, 0) is 37.3 Å². The molecule has 1 aliphatic heterocycles. The van der Waals surface area contributed by atoms with Crippen molar-refractivity contribution in [2.75, 3.05) is 11.4 Å². The fraction of sp³-hybridized carbons (Fsp3) is 0.471. The van der Waals surface area contributed by atoms with E-state index in [4.69, 9.17) is 12.2 Å². The third-order valence-electron chi connectivity index (χ3n) is 4.44. The number of terminal acetylenes is 1. The van der Waals surface area contributed by atoms with Crippen molar-refractivity contribution in [3.05, 3.63) is 29.3 Å². The highest BCUT2D eigenvalue weighted by atomic mass is 16.1. The number of carbonyl (C=O) groups is 1. The van der Waals surface area contributed by atoms with Crippen LogP contribution in [0.15, 0.2) is 18.2 Å². The van der Waals surface area contributed by atoms with Crippen LogP contribution in [-0.4, -0.2) is 18.0 Å². The van der Waals surface area contributed by atoms with Gasteiger partial charge in [0, 0.05) is 6.54 Å². The molecule has 0 saturated heterocycles. The number of fused-ring (bicyclic) bond motifs is 1. The van der Waals surface area contributed by atoms with E-state index in [1.807, 2.05) is 6.07 Å². The number of primary amides is 1. The number of carbonyl (C=O) groups excluding carboxylic acids is 1. The largest absolute Gasteiger partial charge is 0.366 e. The minimum absolute atomic E-state index is 0.333. The Labute approximate surface area is 121 Å². The summed E-state index contributed by atoms with van der Waals surface area (Å²) in [6, 6.07) is 5.77. The highest BCUT2D eigenvalue weighted by Gasteiger charge is 2.36. The van der Waals surface area contributed by atoms with Gasteiger partial charge in [-0.15, -0.1) is 6.42 Å². The molecule has 1 heterocycles. The van der Waals surface area contributed by atoms with Crippen molar-refractivity contribution in [3.63, 3.8) is 0 Å². The van der Waals surface area contributed by atoms with Crippen molar-refractivity contribution in [1.82, 2.24) is 0 Å². The Hall–Kier alpha value is -1.95. The maximum atomic E-state index is 11.8. The first kappa shape index (κ1) is 14.5. The van der Waals surface area contributed by atoms with E-state index in [9.17, 15) is 4.79 Å². The van der Waals surface area contributed by atoms with Crippen LogP contribution in [0, 0.1) is 12.3 Å². The van der Waals surface area contributed by atoms with Crippen molar-refractivity contribution in [1.29, 1.82) is 0 Å². The van der Waals surface area contributed by atoms with Gasteiger partial charge in [-0.25, -0.2) is 0 Å². The Morgan fingerprint density at radius 2 is 2.15 bits per heavy atom. The van der Waals surface area contributed by atoms with E-state index >= 15 is 0 Å². The monoisotopic (exact) mass is 270 g/mol. The van der Waals surface area contributed by atoms with Crippen LogP contribution in [0.4, 0.5) is 5.69 Å². The van der Waals surface area contributed by atoms with Crippen LogP contribution in [0.25, 0.3) is 0 Å². The Kier molecular flexibility index (Phi) is 4.04. The maximum absolute atomic E-state index is 11.8. The molecule has 3 heteroatoms. The topological polar surface area (TPSA) is 46.3 Å². The number of benzene rings is 1. The van der Waals surface area contributed by atoms with Crippen LogP contribution in [0.3, 0.4) is 0 Å². The molecular formula is C17H22N2O. The van der Waals surface area contributed by atoms with E-state index in [0.717, 1.165) is 37.9 Å². The van der Waals surface area contributed by atoms with Crippen molar-refractivity contribution in [2.24, 2.45) is 5.73 Å². The second-order valence-electron chi connectivity index (χ2n) is 5.32. The molecule has 1 aliphatic rings. The number of aryl methyl sites for hydroxylation is 1. The number of anilines is 1. The quantitative estimate of drug-likeness (QED) is 0.855. The molecule has 0 spiro atoms. The fourth-order valence-electron chi connectivity index (χ4n) is 3.19. The van der Waals surface area contributed by atoms with Crippen LogP contribution in [-0.2, 0) is 6.42 Å². The minimum atomic E-state index is -0.383. The van der Waals surface area contributed by atoms with Crippen molar-refractivity contribution >= 4 is 11.6 Å². The van der Waals surface area contributed by atoms with Crippen molar-refractivity contribution < 1.29 is 4.79 Å². The van der Waals surface area contributed by atoms with E-state index in [1.54, 1.807) is 6.07 Å². The standard InChI is InChI=1S/C17H22N2O/c1-4-17(5-2,6-3)19-12-8-10-13-9-7-11-14(15(13)19)16(18)20/h1,7,9,11H,5-6,8,10,12H2,2-3H3,(H2,18,20). The fourth-order valence-corrected chi connectivity index (χ4v) is 3.19. The highest BCUT2D eigenvalue weighted by molar-refractivity contribution is 5.99. The number of hydrogen-bond acceptors (Lipinski definition) is 2. The van der Waals surface area contributed by atoms with Gasteiger partial charge >= 0.3 is 0 Å². The molecule has 0 aliphatic carbocycles. The summed E-state index contributed by atoms with van der Waals surface area (Å²) in [6.07, 6.45) is 9.57. The molecule has 1 aromatic rings. The molecule has 0 unspecified atom stereocenters. The second-order valence-corrected chi connectivity index (χ2v) is 5.32. The molecule has 0 aromatic heterocycles. The molecule has 106 valence electrons. The number of nitrogens with two attached hydrogens (primary N) is 1. The van der Waals surface area contributed by atoms with Gasteiger partial charge in [-0.2, -0.15) is 0 Å². The van der Waals surface area contributed by atoms with Gasteiger partial charge in [0.2, 0.25) is 0 Å². The van der Waals surface area contributed by atoms with Crippen LogP contribution >= 0.6 is 0 Å². The van der Waals surface area contributed by atoms with Crippen LogP contribution in [0.2, 0.25) is 0 Å². The molecule has 0 saturated carbocycles. The zero-order valence-electron chi connectivity index (χ0n) is 12.3. The molecule has 0 radical (unpaired) electrons. The molecule has 3 nitrogen and oxygen atoms in total. The second kappa shape index (κ2) is 5.58. The molecule has 0 bridgehead atoms. The Bertz CT molecular complexity index is 553. The lowest BCUT2D eigenvalue weighted by Crippen LogP contribution is -2.50. The van der Waals surface area contributed by atoms with E-state index in [2.05, 4.69) is 30.7 Å². The number of para-hydroxylation sites is 1. The summed E-state index contributed by atoms with van der Waals surface area (Å²) in [5.74, 6) is 2.58. The summed E-state index contributed by atoms with van der Waals surface area (Å²) in [7, 11) is 0. The zero-order valence-corrected chi connectivity index (χ0v) is 12.3. The van der Waals surface area contributed by atoms with Crippen LogP contribution in [0.5, 0.6) is 0 Å². The first-order chi connectivity index (χ1) is 9.59. The van der Waals surface area contributed by atoms with Gasteiger partial charge in [0.15, 0.2) is 0 Å². The number of amides is 1. The predicted molar refractivity (Wildman–Crippen MR) is 82.8 cm³/mol. The molecule has 2 N–H and O–H groups in total. The van der Waals surface area contributed by atoms with Crippen LogP contribution < -0.4 is 10.6 Å². The van der Waals surface area contributed by atoms with Gasteiger partial charge in [-0.3, -0.25) is 4.79 Å². The van der Waals surface area contributed by atoms with Gasteiger partial charge in [-0.1, -0.05) is 31.9 Å². The Morgan fingerprint density at radius 1 is 1.45 bits per heavy atom. The van der Waals surface area contributed by atoms with Crippen LogP contribution in [0.1, 0.15) is 49.0 Å². The molecular weight excluding hydrogens is 248 g/mol.